The number of rotatable bonds is 42. The maximum absolute atomic E-state index is 13.9. The number of imide groups is 1. The topological polar surface area (TPSA) is 177 Å². The van der Waals surface area contributed by atoms with E-state index in [-0.39, 0.29) is 24.1 Å². The second kappa shape index (κ2) is 36.1. The third-order valence-electron chi connectivity index (χ3n) is 10.4. The average Bonchev–Trinajstić information content (AvgIpc) is 3.66. The van der Waals surface area contributed by atoms with Crippen LogP contribution in [0.25, 0.3) is 0 Å². The van der Waals surface area contributed by atoms with Gasteiger partial charge in [-0.3, -0.25) is 19.3 Å². The number of nitrogens with zero attached hydrogens (tertiary/aromatic N) is 1. The van der Waals surface area contributed by atoms with Crippen LogP contribution in [-0.2, 0) is 72.0 Å². The zero-order valence-corrected chi connectivity index (χ0v) is 40.6. The fourth-order valence-corrected chi connectivity index (χ4v) is 7.65. The minimum Gasteiger partial charge on any atom is -0.382 e. The number of ether oxygens (including phenoxy) is 12. The molecule has 0 aromatic heterocycles. The maximum atomic E-state index is 13.9. The van der Waals surface area contributed by atoms with Gasteiger partial charge in [0.1, 0.15) is 5.54 Å². The van der Waals surface area contributed by atoms with E-state index in [4.69, 9.17) is 56.8 Å². The molecule has 1 N–H and O–H groups in total. The Morgan fingerprint density at radius 3 is 1.15 bits per heavy atom. The molecule has 0 saturated carbocycles. The number of carbonyl (C=O) groups excluding carboxylic acids is 3. The summed E-state index contributed by atoms with van der Waals surface area (Å²) in [5.74, 6) is -0.740. The van der Waals surface area contributed by atoms with Crippen molar-refractivity contribution in [2.45, 2.75) is 17.2 Å². The van der Waals surface area contributed by atoms with Crippen molar-refractivity contribution >= 4 is 29.5 Å². The molecule has 1 unspecified atom stereocenters. The molecular weight excluding hydrogens is 901 g/mol. The van der Waals surface area contributed by atoms with E-state index in [2.05, 4.69) is 5.32 Å². The molecule has 1 atom stereocenters. The van der Waals surface area contributed by atoms with Crippen LogP contribution in [0.2, 0.25) is 0 Å². The fourth-order valence-electron chi connectivity index (χ4n) is 7.03. The highest BCUT2D eigenvalue weighted by molar-refractivity contribution is 8.00. The van der Waals surface area contributed by atoms with Crippen molar-refractivity contribution in [2.75, 3.05) is 172 Å². The molecule has 0 aliphatic carbocycles. The fraction of sp³-hybridized carbons (Fsp3) is 0.580. The highest BCUT2D eigenvalue weighted by Gasteiger charge is 2.53. The lowest BCUT2D eigenvalue weighted by Gasteiger charge is -2.42. The van der Waals surface area contributed by atoms with Crippen LogP contribution in [0.3, 0.4) is 0 Å². The Balaban J connectivity index is 0.937. The Bertz CT molecular complexity index is 1720. The molecule has 1 saturated heterocycles. The smallest absolute Gasteiger partial charge is 0.251 e. The number of likely N-dealkylation sites (tertiary alicyclic amines) is 1. The number of hydrogen-bond acceptors (Lipinski definition) is 16. The summed E-state index contributed by atoms with van der Waals surface area (Å²) in [6.45, 7) is 11.3. The van der Waals surface area contributed by atoms with Gasteiger partial charge in [-0.05, 0) is 35.1 Å². The lowest BCUT2D eigenvalue weighted by molar-refractivity contribution is -0.143. The first-order valence-corrected chi connectivity index (χ1v) is 24.6. The Hall–Kier alpha value is -3.86. The van der Waals surface area contributed by atoms with E-state index < -0.39 is 10.8 Å². The molecule has 1 aliphatic rings. The van der Waals surface area contributed by atoms with Crippen molar-refractivity contribution in [3.05, 3.63) is 107 Å². The Labute approximate surface area is 405 Å². The monoisotopic (exact) mass is 972 g/mol. The first kappa shape index (κ1) is 56.7. The zero-order valence-electron chi connectivity index (χ0n) is 39.8. The van der Waals surface area contributed by atoms with Crippen LogP contribution >= 0.6 is 11.8 Å². The van der Waals surface area contributed by atoms with Crippen LogP contribution in [0, 0.1) is 0 Å². The second-order valence-electron chi connectivity index (χ2n) is 15.0. The molecule has 1 aliphatic heterocycles. The van der Waals surface area contributed by atoms with Gasteiger partial charge in [-0.25, -0.2) is 0 Å². The predicted octanol–water partition coefficient (Wildman–Crippen LogP) is 4.03. The van der Waals surface area contributed by atoms with Crippen LogP contribution < -0.4 is 5.32 Å². The number of thioether (sulfide) groups is 1. The van der Waals surface area contributed by atoms with Crippen molar-refractivity contribution in [2.24, 2.45) is 0 Å². The minimum absolute atomic E-state index is 0.125. The highest BCUT2D eigenvalue weighted by Crippen LogP contribution is 2.46. The van der Waals surface area contributed by atoms with Gasteiger partial charge in [0, 0.05) is 25.6 Å². The lowest BCUT2D eigenvalue weighted by atomic mass is 9.75. The summed E-state index contributed by atoms with van der Waals surface area (Å²) >= 11 is 1.38. The third kappa shape index (κ3) is 20.6. The summed E-state index contributed by atoms with van der Waals surface area (Å²) in [5, 5.41) is 2.42. The van der Waals surface area contributed by atoms with E-state index >= 15 is 0 Å². The number of amides is 3. The lowest BCUT2D eigenvalue weighted by Crippen LogP contribution is -2.51. The molecule has 3 amide bonds. The average molecular weight is 973 g/mol. The molecule has 0 radical (unpaired) electrons. The van der Waals surface area contributed by atoms with Crippen LogP contribution in [0.1, 0.15) is 33.5 Å². The minimum atomic E-state index is -1.23. The second-order valence-corrected chi connectivity index (χ2v) is 16.0. The number of hydrogen-bond donors (Lipinski definition) is 1. The van der Waals surface area contributed by atoms with Gasteiger partial charge in [0.25, 0.3) is 5.91 Å². The van der Waals surface area contributed by atoms with Crippen molar-refractivity contribution in [1.29, 1.82) is 0 Å². The van der Waals surface area contributed by atoms with E-state index in [0.29, 0.717) is 170 Å². The summed E-state index contributed by atoms with van der Waals surface area (Å²) in [6.07, 6.45) is 1.97. The molecule has 1 heterocycles. The molecule has 18 heteroatoms. The zero-order chi connectivity index (χ0) is 48.2. The number of carbonyl (C=O) groups is 3. The quantitative estimate of drug-likeness (QED) is 0.0489. The van der Waals surface area contributed by atoms with E-state index in [9.17, 15) is 14.4 Å². The van der Waals surface area contributed by atoms with Crippen molar-refractivity contribution in [3.8, 4) is 0 Å². The van der Waals surface area contributed by atoms with Gasteiger partial charge in [-0.2, -0.15) is 11.8 Å². The van der Waals surface area contributed by atoms with Crippen LogP contribution in [0.4, 0.5) is 0 Å². The van der Waals surface area contributed by atoms with Gasteiger partial charge in [0.2, 0.25) is 11.8 Å². The predicted molar refractivity (Wildman–Crippen MR) is 256 cm³/mol. The van der Waals surface area contributed by atoms with Gasteiger partial charge < -0.3 is 62.2 Å². The Morgan fingerprint density at radius 2 is 0.824 bits per heavy atom. The number of methoxy groups -OCH3 is 1. The summed E-state index contributed by atoms with van der Waals surface area (Å²) in [6, 6.07) is 26.2. The number of nitrogens with one attached hydrogen (secondary N) is 1. The summed E-state index contributed by atoms with van der Waals surface area (Å²) in [5.41, 5.74) is 1.46. The Kier molecular flexibility index (Phi) is 30.1. The van der Waals surface area contributed by atoms with Crippen LogP contribution in [0.15, 0.2) is 84.9 Å². The maximum Gasteiger partial charge on any atom is 0.251 e. The SMILES string of the molecule is COCCOCCOCCOCCOCCOCCOCCOCCOCCOCCOCCOCCNC(=O)c1ccc(C(c2ccccc2)(c2ccccc2)N2C(=O)CC(SC)C2=O)cc1. The molecule has 0 bridgehead atoms. The first-order valence-electron chi connectivity index (χ1n) is 23.3. The first-order chi connectivity index (χ1) is 33.5. The van der Waals surface area contributed by atoms with Gasteiger partial charge in [-0.15, -0.1) is 0 Å². The molecular formula is C50H72N2O15S. The standard InChI is InChI=1S/C50H72N2O15S/c1-56-19-20-58-23-24-60-27-28-62-31-32-64-35-36-66-39-40-67-38-37-65-34-33-63-30-29-61-26-25-59-22-21-57-18-17-51-48(54)42-13-15-45(16-14-42)50(43-9-5-3-6-10-43,44-11-7-4-8-12-44)52-47(53)41-46(68-2)49(52)55/h3-16,46H,17-41H2,1-2H3,(H,51,54). The molecule has 0 spiro atoms. The molecule has 4 rings (SSSR count). The van der Waals surface area contributed by atoms with Gasteiger partial charge >= 0.3 is 0 Å². The van der Waals surface area contributed by atoms with E-state index in [1.807, 2.05) is 79.1 Å². The molecule has 68 heavy (non-hydrogen) atoms. The largest absolute Gasteiger partial charge is 0.382 e. The van der Waals surface area contributed by atoms with E-state index in [1.165, 1.54) is 16.7 Å². The molecule has 3 aromatic carbocycles. The molecule has 1 fully saturated rings. The summed E-state index contributed by atoms with van der Waals surface area (Å²) in [4.78, 5) is 42.1. The highest BCUT2D eigenvalue weighted by atomic mass is 32.2. The van der Waals surface area contributed by atoms with Crippen LogP contribution in [-0.4, -0.2) is 200 Å². The van der Waals surface area contributed by atoms with Crippen molar-refractivity contribution < 1.29 is 71.2 Å². The summed E-state index contributed by atoms with van der Waals surface area (Å²) in [7, 11) is 1.64. The molecule has 378 valence electrons. The normalized spacial score (nSPS) is 14.0. The van der Waals surface area contributed by atoms with Gasteiger partial charge in [-0.1, -0.05) is 72.8 Å². The van der Waals surface area contributed by atoms with Gasteiger partial charge in [0.15, 0.2) is 0 Å². The Morgan fingerprint density at radius 1 is 0.500 bits per heavy atom. The van der Waals surface area contributed by atoms with Crippen LogP contribution in [0.5, 0.6) is 0 Å². The third-order valence-corrected chi connectivity index (χ3v) is 11.3. The van der Waals surface area contributed by atoms with Crippen molar-refractivity contribution in [1.82, 2.24) is 10.2 Å². The summed E-state index contributed by atoms with van der Waals surface area (Å²) < 4.78 is 65.4. The van der Waals surface area contributed by atoms with E-state index in [0.717, 1.165) is 11.1 Å². The van der Waals surface area contributed by atoms with Gasteiger partial charge in [0.05, 0.1) is 157 Å². The number of benzene rings is 3. The van der Waals surface area contributed by atoms with Crippen molar-refractivity contribution in [3.63, 3.8) is 0 Å². The molecule has 3 aromatic rings. The van der Waals surface area contributed by atoms with E-state index in [1.54, 1.807) is 19.2 Å². The molecule has 17 nitrogen and oxygen atoms in total.